The van der Waals surface area contributed by atoms with Gasteiger partial charge in [-0.15, -0.1) is 0 Å². The molecule has 2 rings (SSSR count). The topological polar surface area (TPSA) is 51.2 Å². The SMILES string of the molecule is CC(NC(=O)COc1ccccc1Cl)c1cccnc1. The average Bonchev–Trinajstić information content (AvgIpc) is 2.47. The molecule has 1 N–H and O–H groups in total. The number of hydrogen-bond donors (Lipinski definition) is 1. The lowest BCUT2D eigenvalue weighted by molar-refractivity contribution is -0.123. The van der Waals surface area contributed by atoms with E-state index in [-0.39, 0.29) is 18.6 Å². The number of nitrogens with zero attached hydrogens (tertiary/aromatic N) is 1. The summed E-state index contributed by atoms with van der Waals surface area (Å²) in [7, 11) is 0. The zero-order chi connectivity index (χ0) is 14.4. The van der Waals surface area contributed by atoms with E-state index in [1.165, 1.54) is 0 Å². The van der Waals surface area contributed by atoms with Gasteiger partial charge in [0, 0.05) is 12.4 Å². The molecule has 1 amide bonds. The van der Waals surface area contributed by atoms with Gasteiger partial charge in [0.05, 0.1) is 11.1 Å². The molecule has 104 valence electrons. The molecule has 20 heavy (non-hydrogen) atoms. The molecular formula is C15H15ClN2O2. The molecule has 0 aliphatic heterocycles. The molecular weight excluding hydrogens is 276 g/mol. The van der Waals surface area contributed by atoms with Crippen molar-refractivity contribution in [2.75, 3.05) is 6.61 Å². The Balaban J connectivity index is 1.86. The minimum atomic E-state index is -0.207. The Hall–Kier alpha value is -2.07. The summed E-state index contributed by atoms with van der Waals surface area (Å²) < 4.78 is 5.38. The van der Waals surface area contributed by atoms with Crippen LogP contribution in [0.4, 0.5) is 0 Å². The smallest absolute Gasteiger partial charge is 0.258 e. The molecule has 4 nitrogen and oxygen atoms in total. The van der Waals surface area contributed by atoms with Crippen molar-refractivity contribution in [3.8, 4) is 5.75 Å². The van der Waals surface area contributed by atoms with Gasteiger partial charge in [0.2, 0.25) is 0 Å². The van der Waals surface area contributed by atoms with Crippen molar-refractivity contribution in [3.05, 3.63) is 59.4 Å². The van der Waals surface area contributed by atoms with E-state index in [0.717, 1.165) is 5.56 Å². The molecule has 0 saturated heterocycles. The average molecular weight is 291 g/mol. The van der Waals surface area contributed by atoms with Crippen LogP contribution in [-0.2, 0) is 4.79 Å². The predicted molar refractivity (Wildman–Crippen MR) is 77.7 cm³/mol. The normalized spacial score (nSPS) is 11.7. The van der Waals surface area contributed by atoms with Crippen molar-refractivity contribution in [1.82, 2.24) is 10.3 Å². The van der Waals surface area contributed by atoms with Crippen molar-refractivity contribution >= 4 is 17.5 Å². The molecule has 0 radical (unpaired) electrons. The number of rotatable bonds is 5. The third-order valence-corrected chi connectivity index (χ3v) is 3.07. The Morgan fingerprint density at radius 2 is 2.15 bits per heavy atom. The van der Waals surface area contributed by atoms with E-state index < -0.39 is 0 Å². The first-order valence-electron chi connectivity index (χ1n) is 6.23. The summed E-state index contributed by atoms with van der Waals surface area (Å²) in [4.78, 5) is 15.8. The number of para-hydroxylation sites is 1. The molecule has 0 spiro atoms. The molecule has 0 bridgehead atoms. The highest BCUT2D eigenvalue weighted by Gasteiger charge is 2.10. The molecule has 0 aliphatic rings. The van der Waals surface area contributed by atoms with Crippen molar-refractivity contribution in [3.63, 3.8) is 0 Å². The van der Waals surface area contributed by atoms with Crippen molar-refractivity contribution in [2.45, 2.75) is 13.0 Å². The van der Waals surface area contributed by atoms with Crippen molar-refractivity contribution in [2.24, 2.45) is 0 Å². The fourth-order valence-electron chi connectivity index (χ4n) is 1.70. The van der Waals surface area contributed by atoms with E-state index in [4.69, 9.17) is 16.3 Å². The van der Waals surface area contributed by atoms with Crippen molar-refractivity contribution < 1.29 is 9.53 Å². The molecule has 1 unspecified atom stereocenters. The first kappa shape index (κ1) is 14.3. The van der Waals surface area contributed by atoms with Gasteiger partial charge in [-0.1, -0.05) is 29.8 Å². The van der Waals surface area contributed by atoms with Gasteiger partial charge < -0.3 is 10.1 Å². The minimum Gasteiger partial charge on any atom is -0.482 e. The van der Waals surface area contributed by atoms with Gasteiger partial charge in [-0.2, -0.15) is 0 Å². The van der Waals surface area contributed by atoms with E-state index in [0.29, 0.717) is 10.8 Å². The zero-order valence-corrected chi connectivity index (χ0v) is 11.8. The minimum absolute atomic E-state index is 0.0751. The van der Waals surface area contributed by atoms with Crippen LogP contribution in [0.2, 0.25) is 5.02 Å². The lowest BCUT2D eigenvalue weighted by Crippen LogP contribution is -2.31. The summed E-state index contributed by atoms with van der Waals surface area (Å²) in [5.74, 6) is 0.291. The van der Waals surface area contributed by atoms with Crippen LogP contribution < -0.4 is 10.1 Å². The molecule has 2 aromatic rings. The van der Waals surface area contributed by atoms with Gasteiger partial charge in [-0.05, 0) is 30.7 Å². The van der Waals surface area contributed by atoms with Crippen LogP contribution in [0.3, 0.4) is 0 Å². The Morgan fingerprint density at radius 3 is 2.85 bits per heavy atom. The fraction of sp³-hybridized carbons (Fsp3) is 0.200. The zero-order valence-electron chi connectivity index (χ0n) is 11.0. The number of hydrogen-bond acceptors (Lipinski definition) is 3. The summed E-state index contributed by atoms with van der Waals surface area (Å²) in [5.41, 5.74) is 0.943. The monoisotopic (exact) mass is 290 g/mol. The summed E-state index contributed by atoms with van der Waals surface area (Å²) in [6.45, 7) is 1.82. The quantitative estimate of drug-likeness (QED) is 0.921. The van der Waals surface area contributed by atoms with Gasteiger partial charge in [0.25, 0.3) is 5.91 Å². The number of nitrogens with one attached hydrogen (secondary N) is 1. The maximum Gasteiger partial charge on any atom is 0.258 e. The molecule has 1 heterocycles. The number of pyridine rings is 1. The molecule has 0 fully saturated rings. The second-order valence-corrected chi connectivity index (χ2v) is 4.70. The standard InChI is InChI=1S/C15H15ClN2O2/c1-11(12-5-4-8-17-9-12)18-15(19)10-20-14-7-3-2-6-13(14)16/h2-9,11H,10H2,1H3,(H,18,19). The number of amides is 1. The third-order valence-electron chi connectivity index (χ3n) is 2.76. The van der Waals surface area contributed by atoms with Gasteiger partial charge >= 0.3 is 0 Å². The second-order valence-electron chi connectivity index (χ2n) is 4.29. The second kappa shape index (κ2) is 6.91. The number of benzene rings is 1. The van der Waals surface area contributed by atoms with Crippen molar-refractivity contribution in [1.29, 1.82) is 0 Å². The lowest BCUT2D eigenvalue weighted by Gasteiger charge is -2.14. The number of carbonyl (C=O) groups excluding carboxylic acids is 1. The highest BCUT2D eigenvalue weighted by atomic mass is 35.5. The Morgan fingerprint density at radius 1 is 1.35 bits per heavy atom. The van der Waals surface area contributed by atoms with Crippen LogP contribution in [0.15, 0.2) is 48.8 Å². The molecule has 1 atom stereocenters. The summed E-state index contributed by atoms with van der Waals surface area (Å²) in [6.07, 6.45) is 3.42. The van der Waals surface area contributed by atoms with E-state index in [9.17, 15) is 4.79 Å². The van der Waals surface area contributed by atoms with Crippen LogP contribution >= 0.6 is 11.6 Å². The first-order valence-corrected chi connectivity index (χ1v) is 6.61. The van der Waals surface area contributed by atoms with E-state index in [1.807, 2.05) is 19.1 Å². The van der Waals surface area contributed by atoms with E-state index in [1.54, 1.807) is 36.7 Å². The maximum atomic E-state index is 11.8. The number of ether oxygens (including phenoxy) is 1. The van der Waals surface area contributed by atoms with E-state index >= 15 is 0 Å². The molecule has 1 aromatic heterocycles. The number of carbonyl (C=O) groups is 1. The summed E-state index contributed by atoms with van der Waals surface area (Å²) in [6, 6.07) is 10.7. The summed E-state index contributed by atoms with van der Waals surface area (Å²) >= 11 is 5.94. The van der Waals surface area contributed by atoms with Gasteiger partial charge in [0.15, 0.2) is 6.61 Å². The Labute approximate surface area is 122 Å². The molecule has 0 aliphatic carbocycles. The first-order chi connectivity index (χ1) is 9.66. The van der Waals surface area contributed by atoms with Crippen LogP contribution in [0.5, 0.6) is 5.75 Å². The third kappa shape index (κ3) is 3.96. The predicted octanol–water partition coefficient (Wildman–Crippen LogP) is 2.99. The van der Waals surface area contributed by atoms with Crippen LogP contribution in [0.25, 0.3) is 0 Å². The van der Waals surface area contributed by atoms with Gasteiger partial charge in [-0.3, -0.25) is 9.78 Å². The largest absolute Gasteiger partial charge is 0.482 e. The highest BCUT2D eigenvalue weighted by molar-refractivity contribution is 6.32. The van der Waals surface area contributed by atoms with Gasteiger partial charge in [-0.25, -0.2) is 0 Å². The number of halogens is 1. The van der Waals surface area contributed by atoms with Crippen LogP contribution in [0.1, 0.15) is 18.5 Å². The molecule has 0 saturated carbocycles. The highest BCUT2D eigenvalue weighted by Crippen LogP contribution is 2.22. The van der Waals surface area contributed by atoms with E-state index in [2.05, 4.69) is 10.3 Å². The fourth-order valence-corrected chi connectivity index (χ4v) is 1.89. The maximum absolute atomic E-state index is 11.8. The molecule has 5 heteroatoms. The summed E-state index contributed by atoms with van der Waals surface area (Å²) in [5, 5.41) is 3.33. The lowest BCUT2D eigenvalue weighted by atomic mass is 10.1. The number of aromatic nitrogens is 1. The molecule has 1 aromatic carbocycles. The van der Waals surface area contributed by atoms with Crippen LogP contribution in [-0.4, -0.2) is 17.5 Å². The van der Waals surface area contributed by atoms with Gasteiger partial charge in [0.1, 0.15) is 5.75 Å². The van der Waals surface area contributed by atoms with Crippen LogP contribution in [0, 0.1) is 0 Å². The Bertz CT molecular complexity index is 575. The Kier molecular flexibility index (Phi) is 4.96.